The van der Waals surface area contributed by atoms with E-state index in [1.807, 2.05) is 0 Å². The standard InChI is InChI=1S/C34H44F4O2/c1-3-39-30-19-18-29(33(37)34(30)38)26-11-9-23(10-12-26)24-13-15-27(16-14-24)40-20-22-5-7-25(8-6-22)28-17-4-21(2)31(35)32(28)36/h4,17-19,22-27H,3,5-16,20H2,1-2H3. The van der Waals surface area contributed by atoms with Gasteiger partial charge in [0.05, 0.1) is 12.7 Å². The lowest BCUT2D eigenvalue weighted by molar-refractivity contribution is -0.0149. The van der Waals surface area contributed by atoms with Crippen molar-refractivity contribution < 1.29 is 27.0 Å². The fourth-order valence-corrected chi connectivity index (χ4v) is 7.65. The van der Waals surface area contributed by atoms with Crippen molar-refractivity contribution in [1.82, 2.24) is 0 Å². The number of halogens is 4. The Kier molecular flexibility index (Phi) is 9.76. The van der Waals surface area contributed by atoms with Crippen molar-refractivity contribution in [3.8, 4) is 5.75 Å². The molecule has 5 rings (SSSR count). The number of aryl methyl sites for hydroxylation is 1. The van der Waals surface area contributed by atoms with Crippen LogP contribution in [-0.2, 0) is 4.74 Å². The molecule has 3 aliphatic rings. The fourth-order valence-electron chi connectivity index (χ4n) is 7.65. The third-order valence-electron chi connectivity index (χ3n) is 10.1. The first-order chi connectivity index (χ1) is 19.4. The molecular formula is C34H44F4O2. The predicted octanol–water partition coefficient (Wildman–Crippen LogP) is 9.77. The van der Waals surface area contributed by atoms with Crippen molar-refractivity contribution in [3.63, 3.8) is 0 Å². The zero-order chi connectivity index (χ0) is 28.2. The largest absolute Gasteiger partial charge is 0.491 e. The van der Waals surface area contributed by atoms with Crippen LogP contribution < -0.4 is 4.74 Å². The van der Waals surface area contributed by atoms with Gasteiger partial charge < -0.3 is 9.47 Å². The van der Waals surface area contributed by atoms with Gasteiger partial charge in [0.1, 0.15) is 0 Å². The number of benzene rings is 2. The molecule has 3 saturated carbocycles. The molecule has 40 heavy (non-hydrogen) atoms. The van der Waals surface area contributed by atoms with Gasteiger partial charge in [0, 0.05) is 6.61 Å². The van der Waals surface area contributed by atoms with E-state index in [9.17, 15) is 17.6 Å². The molecule has 0 atom stereocenters. The molecule has 220 valence electrons. The molecule has 6 heteroatoms. The van der Waals surface area contributed by atoms with Crippen molar-refractivity contribution in [2.75, 3.05) is 13.2 Å². The SMILES string of the molecule is CCOc1ccc(C2CCC(C3CCC(OCC4CCC(c5ccc(C)c(F)c5F)CC4)CC3)CC2)c(F)c1F. The number of hydrogen-bond donors (Lipinski definition) is 0. The highest BCUT2D eigenvalue weighted by molar-refractivity contribution is 5.33. The number of ether oxygens (including phenoxy) is 2. The molecule has 0 N–H and O–H groups in total. The molecule has 0 unspecified atom stereocenters. The van der Waals surface area contributed by atoms with Crippen LogP contribution in [0.5, 0.6) is 5.75 Å². The first kappa shape index (κ1) is 29.4. The summed E-state index contributed by atoms with van der Waals surface area (Å²) in [6.45, 7) is 4.45. The Morgan fingerprint density at radius 1 is 0.625 bits per heavy atom. The van der Waals surface area contributed by atoms with Crippen LogP contribution in [0.1, 0.15) is 112 Å². The van der Waals surface area contributed by atoms with Gasteiger partial charge in [-0.1, -0.05) is 18.2 Å². The third kappa shape index (κ3) is 6.53. The monoisotopic (exact) mass is 560 g/mol. The molecule has 0 amide bonds. The molecule has 0 heterocycles. The summed E-state index contributed by atoms with van der Waals surface area (Å²) in [6.07, 6.45) is 12.6. The first-order valence-corrected chi connectivity index (χ1v) is 15.5. The number of hydrogen-bond acceptors (Lipinski definition) is 2. The van der Waals surface area contributed by atoms with Gasteiger partial charge in [-0.25, -0.2) is 13.2 Å². The highest BCUT2D eigenvalue weighted by atomic mass is 19.2. The Morgan fingerprint density at radius 3 is 1.75 bits per heavy atom. The second-order valence-corrected chi connectivity index (χ2v) is 12.5. The molecule has 0 radical (unpaired) electrons. The lowest BCUT2D eigenvalue weighted by atomic mass is 9.69. The average molecular weight is 561 g/mol. The van der Waals surface area contributed by atoms with Crippen LogP contribution in [-0.4, -0.2) is 19.3 Å². The van der Waals surface area contributed by atoms with E-state index < -0.39 is 23.3 Å². The molecule has 0 aliphatic heterocycles. The van der Waals surface area contributed by atoms with Crippen LogP contribution in [0.4, 0.5) is 17.6 Å². The summed E-state index contributed by atoms with van der Waals surface area (Å²) >= 11 is 0. The van der Waals surface area contributed by atoms with Gasteiger partial charge in [-0.15, -0.1) is 0 Å². The summed E-state index contributed by atoms with van der Waals surface area (Å²) in [6, 6.07) is 6.73. The van der Waals surface area contributed by atoms with E-state index in [0.717, 1.165) is 70.8 Å². The van der Waals surface area contributed by atoms with E-state index in [0.29, 0.717) is 47.2 Å². The molecular weight excluding hydrogens is 516 g/mol. The van der Waals surface area contributed by atoms with Gasteiger partial charge in [0.25, 0.3) is 0 Å². The lowest BCUT2D eigenvalue weighted by Crippen LogP contribution is -2.30. The molecule has 3 aliphatic carbocycles. The smallest absolute Gasteiger partial charge is 0.200 e. The van der Waals surface area contributed by atoms with Crippen LogP contribution in [0.15, 0.2) is 24.3 Å². The summed E-state index contributed by atoms with van der Waals surface area (Å²) in [5.74, 6) is -0.933. The summed E-state index contributed by atoms with van der Waals surface area (Å²) in [5.41, 5.74) is 1.40. The highest BCUT2D eigenvalue weighted by Crippen LogP contribution is 2.45. The minimum atomic E-state index is -0.858. The Bertz CT molecular complexity index is 1130. The van der Waals surface area contributed by atoms with Crippen molar-refractivity contribution in [2.45, 2.75) is 109 Å². The topological polar surface area (TPSA) is 18.5 Å². The van der Waals surface area contributed by atoms with E-state index in [1.54, 1.807) is 38.1 Å². The molecule has 0 bridgehead atoms. The lowest BCUT2D eigenvalue weighted by Gasteiger charge is -2.38. The second kappa shape index (κ2) is 13.3. The molecule has 0 spiro atoms. The van der Waals surface area contributed by atoms with Crippen LogP contribution in [0.2, 0.25) is 0 Å². The normalized spacial score (nSPS) is 29.4. The minimum Gasteiger partial charge on any atom is -0.491 e. The van der Waals surface area contributed by atoms with Crippen LogP contribution >= 0.6 is 0 Å². The van der Waals surface area contributed by atoms with Gasteiger partial charge in [-0.2, -0.15) is 4.39 Å². The van der Waals surface area contributed by atoms with Crippen LogP contribution in [0.25, 0.3) is 0 Å². The fraction of sp³-hybridized carbons (Fsp3) is 0.647. The molecule has 2 aromatic rings. The Balaban J connectivity index is 1.02. The summed E-state index contributed by atoms with van der Waals surface area (Å²) < 4.78 is 69.1. The molecule has 3 fully saturated rings. The van der Waals surface area contributed by atoms with Gasteiger partial charge >= 0.3 is 0 Å². The molecule has 0 saturated heterocycles. The summed E-state index contributed by atoms with van der Waals surface area (Å²) in [5, 5.41) is 0. The van der Waals surface area contributed by atoms with Crippen molar-refractivity contribution in [3.05, 3.63) is 64.2 Å². The Hall–Kier alpha value is -2.08. The zero-order valence-electron chi connectivity index (χ0n) is 24.0. The van der Waals surface area contributed by atoms with E-state index in [4.69, 9.17) is 9.47 Å². The van der Waals surface area contributed by atoms with Gasteiger partial charge in [0.2, 0.25) is 5.82 Å². The van der Waals surface area contributed by atoms with E-state index >= 15 is 0 Å². The van der Waals surface area contributed by atoms with E-state index in [2.05, 4.69) is 0 Å². The molecule has 2 aromatic carbocycles. The quantitative estimate of drug-likeness (QED) is 0.299. The maximum Gasteiger partial charge on any atom is 0.200 e. The van der Waals surface area contributed by atoms with Crippen molar-refractivity contribution >= 4 is 0 Å². The van der Waals surface area contributed by atoms with Gasteiger partial charge in [-0.3, -0.25) is 0 Å². The maximum atomic E-state index is 14.7. The summed E-state index contributed by atoms with van der Waals surface area (Å²) in [4.78, 5) is 0. The number of rotatable bonds is 8. The summed E-state index contributed by atoms with van der Waals surface area (Å²) in [7, 11) is 0. The zero-order valence-corrected chi connectivity index (χ0v) is 24.0. The van der Waals surface area contributed by atoms with E-state index in [-0.39, 0.29) is 17.6 Å². The molecule has 2 nitrogen and oxygen atoms in total. The highest BCUT2D eigenvalue weighted by Gasteiger charge is 2.33. The van der Waals surface area contributed by atoms with Crippen molar-refractivity contribution in [1.29, 1.82) is 0 Å². The van der Waals surface area contributed by atoms with Gasteiger partial charge in [0.15, 0.2) is 23.2 Å². The Morgan fingerprint density at radius 2 is 1.15 bits per heavy atom. The van der Waals surface area contributed by atoms with Crippen molar-refractivity contribution in [2.24, 2.45) is 17.8 Å². The third-order valence-corrected chi connectivity index (χ3v) is 10.1. The maximum absolute atomic E-state index is 14.7. The van der Waals surface area contributed by atoms with Crippen LogP contribution in [0.3, 0.4) is 0 Å². The van der Waals surface area contributed by atoms with E-state index in [1.165, 1.54) is 12.8 Å². The van der Waals surface area contributed by atoms with Gasteiger partial charge in [-0.05, 0) is 143 Å². The molecule has 0 aromatic heterocycles. The Labute approximate surface area is 236 Å². The first-order valence-electron chi connectivity index (χ1n) is 15.5. The predicted molar refractivity (Wildman–Crippen MR) is 150 cm³/mol. The van der Waals surface area contributed by atoms with Crippen LogP contribution in [0, 0.1) is 47.9 Å². The minimum absolute atomic E-state index is 0.00147. The second-order valence-electron chi connectivity index (χ2n) is 12.5. The average Bonchev–Trinajstić information content (AvgIpc) is 2.98.